The zero-order valence-electron chi connectivity index (χ0n) is 21.4. The Bertz CT molecular complexity index is 1720. The van der Waals surface area contributed by atoms with Gasteiger partial charge in [0.05, 0.1) is 22.3 Å². The van der Waals surface area contributed by atoms with Gasteiger partial charge in [-0.2, -0.15) is 0 Å². The zero-order valence-corrected chi connectivity index (χ0v) is 23.1. The van der Waals surface area contributed by atoms with Crippen LogP contribution in [0.25, 0.3) is 22.2 Å². The van der Waals surface area contributed by atoms with Crippen LogP contribution in [0.5, 0.6) is 5.75 Å². The number of hydrogen-bond donors (Lipinski definition) is 3. The minimum absolute atomic E-state index is 0.189. The van der Waals surface area contributed by atoms with Gasteiger partial charge in [-0.15, -0.1) is 0 Å². The molecule has 1 atom stereocenters. The minimum Gasteiger partial charge on any atom is -0.487 e. The first-order chi connectivity index (χ1) is 19.4. The van der Waals surface area contributed by atoms with E-state index in [-0.39, 0.29) is 12.4 Å². The molecule has 40 heavy (non-hydrogen) atoms. The van der Waals surface area contributed by atoms with Gasteiger partial charge in [0.1, 0.15) is 52.5 Å². The van der Waals surface area contributed by atoms with Crippen molar-refractivity contribution in [2.45, 2.75) is 25.3 Å². The van der Waals surface area contributed by atoms with Crippen molar-refractivity contribution in [3.8, 4) is 17.1 Å². The van der Waals surface area contributed by atoms with E-state index in [0.717, 1.165) is 16.5 Å². The van der Waals surface area contributed by atoms with Gasteiger partial charge in [-0.1, -0.05) is 23.7 Å². The van der Waals surface area contributed by atoms with Crippen LogP contribution in [-0.2, 0) is 23.9 Å². The maximum absolute atomic E-state index is 13.4. The number of nitrogens with zero attached hydrogens (tertiary/aromatic N) is 2. The molecule has 0 aliphatic carbocycles. The van der Waals surface area contributed by atoms with Crippen LogP contribution in [0.3, 0.4) is 0 Å². The average molecular weight is 581 g/mol. The van der Waals surface area contributed by atoms with Crippen LogP contribution in [0.1, 0.15) is 18.2 Å². The van der Waals surface area contributed by atoms with Crippen LogP contribution in [0.15, 0.2) is 83.5 Å². The summed E-state index contributed by atoms with van der Waals surface area (Å²) in [5.74, 6) is 2.11. The van der Waals surface area contributed by atoms with E-state index in [1.807, 2.05) is 36.4 Å². The standard InChI is InChI=1S/C29H26ClFN4O4S/c1-18(40(36)37)14-32-15-23-7-10-27(39-23)20-5-8-26-24(12-20)29(34-17-33-26)35-22-6-9-28(25(30)13-22)38-16-19-3-2-4-21(31)11-19/h2-13,17-18,32,40H,14-16H2,1H3,(H,33,34,35). The summed E-state index contributed by atoms with van der Waals surface area (Å²) in [6.07, 6.45) is 1.48. The first kappa shape index (κ1) is 27.6. The van der Waals surface area contributed by atoms with Crippen molar-refractivity contribution in [3.05, 3.63) is 101 Å². The molecule has 206 valence electrons. The summed E-state index contributed by atoms with van der Waals surface area (Å²) >= 11 is 6.47. The van der Waals surface area contributed by atoms with Gasteiger partial charge in [0.2, 0.25) is 0 Å². The molecule has 5 rings (SSSR count). The molecule has 2 aromatic heterocycles. The van der Waals surface area contributed by atoms with Crippen molar-refractivity contribution in [1.82, 2.24) is 15.3 Å². The number of rotatable bonds is 11. The van der Waals surface area contributed by atoms with Crippen LogP contribution in [0.4, 0.5) is 15.9 Å². The number of thiol groups is 1. The van der Waals surface area contributed by atoms with E-state index in [2.05, 4.69) is 20.6 Å². The molecular formula is C29H26ClFN4O4S. The van der Waals surface area contributed by atoms with E-state index < -0.39 is 16.0 Å². The molecule has 2 heterocycles. The number of halogens is 2. The molecule has 2 N–H and O–H groups in total. The van der Waals surface area contributed by atoms with Crippen molar-refractivity contribution >= 4 is 44.7 Å². The molecule has 1 unspecified atom stereocenters. The Morgan fingerprint density at radius 1 is 1.05 bits per heavy atom. The van der Waals surface area contributed by atoms with E-state index in [9.17, 15) is 12.8 Å². The first-order valence-corrected chi connectivity index (χ1v) is 14.1. The van der Waals surface area contributed by atoms with Crippen LogP contribution < -0.4 is 15.4 Å². The molecular weight excluding hydrogens is 555 g/mol. The molecule has 11 heteroatoms. The average Bonchev–Trinajstić information content (AvgIpc) is 3.41. The quantitative estimate of drug-likeness (QED) is 0.161. The van der Waals surface area contributed by atoms with Crippen LogP contribution >= 0.6 is 11.6 Å². The Labute approximate surface area is 237 Å². The third-order valence-corrected chi connectivity index (χ3v) is 7.36. The van der Waals surface area contributed by atoms with Gasteiger partial charge >= 0.3 is 0 Å². The van der Waals surface area contributed by atoms with Gasteiger partial charge in [-0.25, -0.2) is 22.8 Å². The summed E-state index contributed by atoms with van der Waals surface area (Å²) in [4.78, 5) is 8.80. The molecule has 0 saturated carbocycles. The molecule has 0 saturated heterocycles. The lowest BCUT2D eigenvalue weighted by Crippen LogP contribution is -2.25. The summed E-state index contributed by atoms with van der Waals surface area (Å²) in [5, 5.41) is 7.13. The Kier molecular flexibility index (Phi) is 8.59. The smallest absolute Gasteiger partial charge is 0.143 e. The van der Waals surface area contributed by atoms with Crippen molar-refractivity contribution in [1.29, 1.82) is 0 Å². The van der Waals surface area contributed by atoms with Crippen molar-refractivity contribution in [2.24, 2.45) is 0 Å². The zero-order chi connectivity index (χ0) is 28.1. The van der Waals surface area contributed by atoms with E-state index >= 15 is 0 Å². The number of benzene rings is 3. The second kappa shape index (κ2) is 12.5. The fraction of sp³-hybridized carbons (Fsp3) is 0.172. The second-order valence-electron chi connectivity index (χ2n) is 9.17. The number of furan rings is 1. The highest BCUT2D eigenvalue weighted by molar-refractivity contribution is 7.73. The largest absolute Gasteiger partial charge is 0.487 e. The Morgan fingerprint density at radius 3 is 2.73 bits per heavy atom. The van der Waals surface area contributed by atoms with Crippen molar-refractivity contribution in [2.75, 3.05) is 11.9 Å². The van der Waals surface area contributed by atoms with Gasteiger partial charge in [-0.3, -0.25) is 0 Å². The highest BCUT2D eigenvalue weighted by atomic mass is 35.5. The number of fused-ring (bicyclic) bond motifs is 1. The minimum atomic E-state index is -2.46. The maximum Gasteiger partial charge on any atom is 0.143 e. The summed E-state index contributed by atoms with van der Waals surface area (Å²) < 4.78 is 47.3. The lowest BCUT2D eigenvalue weighted by Gasteiger charge is -2.12. The van der Waals surface area contributed by atoms with E-state index in [1.54, 1.807) is 31.2 Å². The highest BCUT2D eigenvalue weighted by Crippen LogP contribution is 2.32. The van der Waals surface area contributed by atoms with Crippen LogP contribution in [0.2, 0.25) is 5.02 Å². The lowest BCUT2D eigenvalue weighted by atomic mass is 10.1. The second-order valence-corrected chi connectivity index (χ2v) is 11.0. The summed E-state index contributed by atoms with van der Waals surface area (Å²) in [7, 11) is -2.46. The third-order valence-electron chi connectivity index (χ3n) is 6.16. The van der Waals surface area contributed by atoms with Crippen LogP contribution in [0, 0.1) is 5.82 Å². The summed E-state index contributed by atoms with van der Waals surface area (Å²) in [6.45, 7) is 2.61. The molecule has 0 fully saturated rings. The van der Waals surface area contributed by atoms with E-state index in [4.69, 9.17) is 20.8 Å². The Balaban J connectivity index is 1.30. The topological polar surface area (TPSA) is 106 Å². The maximum atomic E-state index is 13.4. The monoisotopic (exact) mass is 580 g/mol. The molecule has 5 aromatic rings. The Morgan fingerprint density at radius 2 is 1.93 bits per heavy atom. The Hall–Kier alpha value is -3.99. The fourth-order valence-electron chi connectivity index (χ4n) is 4.04. The van der Waals surface area contributed by atoms with Crippen molar-refractivity contribution in [3.63, 3.8) is 0 Å². The molecule has 8 nitrogen and oxygen atoms in total. The summed E-state index contributed by atoms with van der Waals surface area (Å²) in [6, 6.07) is 21.0. The van der Waals surface area contributed by atoms with Crippen molar-refractivity contribution < 1.29 is 22.0 Å². The third kappa shape index (κ3) is 6.77. The number of anilines is 2. The van der Waals surface area contributed by atoms with Gasteiger partial charge < -0.3 is 19.8 Å². The SMILES string of the molecule is CC(CNCc1ccc(-c2ccc3ncnc(Nc4ccc(OCc5cccc(F)c5)c(Cl)c4)c3c2)o1)[SH](=O)=O. The molecule has 0 bridgehead atoms. The highest BCUT2D eigenvalue weighted by Gasteiger charge is 2.12. The fourth-order valence-corrected chi connectivity index (χ4v) is 4.55. The molecule has 0 aliphatic rings. The van der Waals surface area contributed by atoms with E-state index in [0.29, 0.717) is 52.5 Å². The number of aromatic nitrogens is 2. The number of ether oxygens (including phenoxy) is 1. The molecule has 3 aromatic carbocycles. The normalized spacial score (nSPS) is 12.1. The van der Waals surface area contributed by atoms with Gasteiger partial charge in [0, 0.05) is 23.2 Å². The van der Waals surface area contributed by atoms with E-state index in [1.165, 1.54) is 18.5 Å². The molecule has 0 radical (unpaired) electrons. The van der Waals surface area contributed by atoms with Gasteiger partial charge in [0.25, 0.3) is 0 Å². The predicted octanol–water partition coefficient (Wildman–Crippen LogP) is 6.09. The predicted molar refractivity (Wildman–Crippen MR) is 154 cm³/mol. The summed E-state index contributed by atoms with van der Waals surface area (Å²) in [5.41, 5.74) is 2.99. The molecule has 0 amide bonds. The van der Waals surface area contributed by atoms with Gasteiger partial charge in [0.15, 0.2) is 0 Å². The first-order valence-electron chi connectivity index (χ1n) is 12.5. The van der Waals surface area contributed by atoms with Crippen LogP contribution in [-0.4, -0.2) is 30.2 Å². The lowest BCUT2D eigenvalue weighted by molar-refractivity contribution is 0.306. The molecule has 0 aliphatic heterocycles. The number of nitrogens with one attached hydrogen (secondary N) is 2. The van der Waals surface area contributed by atoms with Gasteiger partial charge in [-0.05, 0) is 73.2 Å². The number of hydrogen-bond acceptors (Lipinski definition) is 8. The molecule has 0 spiro atoms.